The Bertz CT molecular complexity index is 1430. The number of amides is 2. The molecule has 0 radical (unpaired) electrons. The van der Waals surface area contributed by atoms with Gasteiger partial charge in [0.2, 0.25) is 5.95 Å². The van der Waals surface area contributed by atoms with Crippen LogP contribution in [0.15, 0.2) is 60.1 Å². The van der Waals surface area contributed by atoms with E-state index in [-0.39, 0.29) is 18.4 Å². The van der Waals surface area contributed by atoms with Crippen LogP contribution in [0, 0.1) is 0 Å². The van der Waals surface area contributed by atoms with Gasteiger partial charge in [-0.05, 0) is 69.9 Å². The molecule has 2 aromatic carbocycles. The normalized spacial score (nSPS) is 16.5. The van der Waals surface area contributed by atoms with Crippen LogP contribution in [0.3, 0.4) is 0 Å². The van der Waals surface area contributed by atoms with Crippen LogP contribution in [-0.4, -0.2) is 64.4 Å². The quantitative estimate of drug-likeness (QED) is 0.375. The van der Waals surface area contributed by atoms with Gasteiger partial charge in [-0.3, -0.25) is 9.59 Å². The Morgan fingerprint density at radius 3 is 2.51 bits per heavy atom. The molecule has 0 saturated carbocycles. The molecular formula is C30H36N6O5. The van der Waals surface area contributed by atoms with E-state index in [0.717, 1.165) is 37.9 Å². The van der Waals surface area contributed by atoms with Crippen molar-refractivity contribution in [1.82, 2.24) is 19.7 Å². The third-order valence-electron chi connectivity index (χ3n) is 7.12. The molecule has 1 unspecified atom stereocenters. The van der Waals surface area contributed by atoms with Crippen LogP contribution in [0.25, 0.3) is 0 Å². The van der Waals surface area contributed by atoms with E-state index in [2.05, 4.69) is 20.7 Å². The molecule has 41 heavy (non-hydrogen) atoms. The molecule has 3 aromatic rings. The molecule has 0 bridgehead atoms. The maximum absolute atomic E-state index is 13.8. The van der Waals surface area contributed by atoms with Crippen molar-refractivity contribution in [2.45, 2.75) is 46.1 Å². The Labute approximate surface area is 239 Å². The summed E-state index contributed by atoms with van der Waals surface area (Å²) in [6, 6.07) is 12.2. The second-order valence-corrected chi connectivity index (χ2v) is 9.85. The van der Waals surface area contributed by atoms with Crippen LogP contribution in [0.2, 0.25) is 0 Å². The monoisotopic (exact) mass is 560 g/mol. The summed E-state index contributed by atoms with van der Waals surface area (Å²) in [5, 5.41) is 10.6. The first-order chi connectivity index (χ1) is 20.0. The summed E-state index contributed by atoms with van der Waals surface area (Å²) < 4.78 is 19.3. The first kappa shape index (κ1) is 28.0. The molecule has 5 rings (SSSR count). The molecule has 0 aliphatic carbocycles. The molecule has 1 saturated heterocycles. The fourth-order valence-corrected chi connectivity index (χ4v) is 5.19. The largest absolute Gasteiger partial charge is 0.492 e. The Morgan fingerprint density at radius 1 is 0.976 bits per heavy atom. The van der Waals surface area contributed by atoms with Crippen LogP contribution in [0.5, 0.6) is 17.2 Å². The van der Waals surface area contributed by atoms with Crippen molar-refractivity contribution >= 4 is 23.5 Å². The molecule has 2 aliphatic heterocycles. The lowest BCUT2D eigenvalue weighted by Crippen LogP contribution is -2.38. The molecule has 11 heteroatoms. The first-order valence-electron chi connectivity index (χ1n) is 14.1. The number of fused-ring (bicyclic) bond motifs is 1. The van der Waals surface area contributed by atoms with E-state index in [1.165, 1.54) is 6.33 Å². The molecule has 2 aliphatic rings. The number of nitrogens with zero attached hydrogens (tertiary/aromatic N) is 4. The lowest BCUT2D eigenvalue weighted by Gasteiger charge is -2.29. The third-order valence-corrected chi connectivity index (χ3v) is 7.12. The molecule has 216 valence electrons. The number of anilines is 2. The summed E-state index contributed by atoms with van der Waals surface area (Å²) in [4.78, 5) is 32.7. The fraction of sp³-hybridized carbons (Fsp3) is 0.400. The summed E-state index contributed by atoms with van der Waals surface area (Å²) in [7, 11) is 0. The number of benzene rings is 2. The van der Waals surface area contributed by atoms with Gasteiger partial charge in [-0.25, -0.2) is 4.68 Å². The third kappa shape index (κ3) is 6.13. The lowest BCUT2D eigenvalue weighted by atomic mass is 9.94. The lowest BCUT2D eigenvalue weighted by molar-refractivity contribution is -0.134. The summed E-state index contributed by atoms with van der Waals surface area (Å²) in [5.74, 6) is 1.71. The van der Waals surface area contributed by atoms with Crippen LogP contribution in [0.1, 0.15) is 51.6 Å². The van der Waals surface area contributed by atoms with Crippen LogP contribution in [0.4, 0.5) is 11.6 Å². The Hall–Kier alpha value is -4.54. The van der Waals surface area contributed by atoms with Crippen molar-refractivity contribution in [3.8, 4) is 17.2 Å². The second-order valence-electron chi connectivity index (χ2n) is 9.85. The summed E-state index contributed by atoms with van der Waals surface area (Å²) >= 11 is 0. The molecule has 11 nitrogen and oxygen atoms in total. The molecule has 0 spiro atoms. The number of piperidine rings is 1. The van der Waals surface area contributed by atoms with Gasteiger partial charge in [0.05, 0.1) is 24.5 Å². The summed E-state index contributed by atoms with van der Waals surface area (Å²) in [6.07, 6.45) is 4.63. The van der Waals surface area contributed by atoms with E-state index in [1.807, 2.05) is 56.0 Å². The van der Waals surface area contributed by atoms with Gasteiger partial charge >= 0.3 is 0 Å². The van der Waals surface area contributed by atoms with Gasteiger partial charge in [0, 0.05) is 18.8 Å². The first-order valence-corrected chi connectivity index (χ1v) is 14.1. The SMILES string of the molecule is CCOc1ccccc1NC(=O)C1=C(C)Nc2ncnn2C1c1ccc(OCC(=O)N2CCCCC2)c(OCC)c1. The fourth-order valence-electron chi connectivity index (χ4n) is 5.19. The number of carbonyl (C=O) groups is 2. The van der Waals surface area contributed by atoms with E-state index in [4.69, 9.17) is 14.2 Å². The maximum atomic E-state index is 13.8. The highest BCUT2D eigenvalue weighted by atomic mass is 16.5. The van der Waals surface area contributed by atoms with Crippen molar-refractivity contribution in [2.24, 2.45) is 0 Å². The Kier molecular flexibility index (Phi) is 8.71. The number of allylic oxidation sites excluding steroid dienone is 1. The zero-order chi connectivity index (χ0) is 28.8. The van der Waals surface area contributed by atoms with Crippen molar-refractivity contribution in [2.75, 3.05) is 43.5 Å². The van der Waals surface area contributed by atoms with Crippen molar-refractivity contribution in [1.29, 1.82) is 0 Å². The number of nitrogens with one attached hydrogen (secondary N) is 2. The number of carbonyl (C=O) groups excluding carboxylic acids is 2. The number of aromatic nitrogens is 3. The predicted octanol–water partition coefficient (Wildman–Crippen LogP) is 4.39. The minimum Gasteiger partial charge on any atom is -0.492 e. The van der Waals surface area contributed by atoms with Gasteiger partial charge < -0.3 is 29.7 Å². The highest BCUT2D eigenvalue weighted by Gasteiger charge is 2.34. The highest BCUT2D eigenvalue weighted by Crippen LogP contribution is 2.39. The molecular weight excluding hydrogens is 524 g/mol. The van der Waals surface area contributed by atoms with Crippen LogP contribution >= 0.6 is 0 Å². The molecule has 1 atom stereocenters. The van der Waals surface area contributed by atoms with Gasteiger partial charge in [0.1, 0.15) is 18.1 Å². The molecule has 3 heterocycles. The molecule has 1 fully saturated rings. The van der Waals surface area contributed by atoms with E-state index in [0.29, 0.717) is 53.4 Å². The topological polar surface area (TPSA) is 120 Å². The number of likely N-dealkylation sites (tertiary alicyclic amines) is 1. The summed E-state index contributed by atoms with van der Waals surface area (Å²) in [6.45, 7) is 7.95. The van der Waals surface area contributed by atoms with Gasteiger partial charge in [-0.15, -0.1) is 0 Å². The number of para-hydroxylation sites is 2. The van der Waals surface area contributed by atoms with E-state index < -0.39 is 6.04 Å². The van der Waals surface area contributed by atoms with Crippen molar-refractivity contribution in [3.63, 3.8) is 0 Å². The van der Waals surface area contributed by atoms with Crippen molar-refractivity contribution < 1.29 is 23.8 Å². The smallest absolute Gasteiger partial charge is 0.260 e. The minimum atomic E-state index is -0.601. The standard InChI is InChI=1S/C30H36N6O5/c1-4-39-23-12-8-7-11-22(23)34-29(38)27-20(3)33-30-31-19-32-36(30)28(27)21-13-14-24(25(17-21)40-5-2)41-18-26(37)35-15-9-6-10-16-35/h7-8,11-14,17,19,28H,4-6,9-10,15-16,18H2,1-3H3,(H,34,38)(H,31,32,33). The van der Waals surface area contributed by atoms with Crippen molar-refractivity contribution in [3.05, 3.63) is 65.6 Å². The van der Waals surface area contributed by atoms with E-state index in [1.54, 1.807) is 16.8 Å². The van der Waals surface area contributed by atoms with Gasteiger partial charge in [-0.2, -0.15) is 10.1 Å². The predicted molar refractivity (Wildman–Crippen MR) is 154 cm³/mol. The minimum absolute atomic E-state index is 0.0355. The Morgan fingerprint density at radius 2 is 1.73 bits per heavy atom. The van der Waals surface area contributed by atoms with Crippen LogP contribution < -0.4 is 24.8 Å². The average molecular weight is 561 g/mol. The van der Waals surface area contributed by atoms with E-state index >= 15 is 0 Å². The average Bonchev–Trinajstić information content (AvgIpc) is 3.45. The van der Waals surface area contributed by atoms with Crippen LogP contribution in [-0.2, 0) is 9.59 Å². The number of ether oxygens (including phenoxy) is 3. The van der Waals surface area contributed by atoms with Gasteiger partial charge in [0.25, 0.3) is 11.8 Å². The second kappa shape index (κ2) is 12.8. The zero-order valence-corrected chi connectivity index (χ0v) is 23.7. The summed E-state index contributed by atoms with van der Waals surface area (Å²) in [5.41, 5.74) is 2.43. The molecule has 1 aromatic heterocycles. The number of hydrogen-bond donors (Lipinski definition) is 2. The molecule has 2 amide bonds. The van der Waals surface area contributed by atoms with Gasteiger partial charge in [-0.1, -0.05) is 18.2 Å². The highest BCUT2D eigenvalue weighted by molar-refractivity contribution is 6.06. The maximum Gasteiger partial charge on any atom is 0.260 e. The number of rotatable bonds is 10. The van der Waals surface area contributed by atoms with Gasteiger partial charge in [0.15, 0.2) is 18.1 Å². The van der Waals surface area contributed by atoms with E-state index in [9.17, 15) is 9.59 Å². The zero-order valence-electron chi connectivity index (χ0n) is 23.7. The molecule has 2 N–H and O–H groups in total. The Balaban J connectivity index is 1.44. The number of hydrogen-bond acceptors (Lipinski definition) is 8.